The lowest BCUT2D eigenvalue weighted by Gasteiger charge is -2.12. The van der Waals surface area contributed by atoms with E-state index in [1.807, 2.05) is 54.6 Å². The molecule has 0 aliphatic heterocycles. The van der Waals surface area contributed by atoms with Gasteiger partial charge in [-0.05, 0) is 51.9 Å². The van der Waals surface area contributed by atoms with Crippen LogP contribution in [0.3, 0.4) is 0 Å². The van der Waals surface area contributed by atoms with Crippen molar-refractivity contribution in [3.63, 3.8) is 0 Å². The number of rotatable bonds is 3. The molecule has 0 aliphatic rings. The molecule has 5 heteroatoms. The largest absolute Gasteiger partial charge is 0.456 e. The highest BCUT2D eigenvalue weighted by atomic mass is 16.3. The zero-order valence-electron chi connectivity index (χ0n) is 24.4. The van der Waals surface area contributed by atoms with E-state index < -0.39 is 0 Å². The minimum Gasteiger partial charge on any atom is -0.456 e. The first-order chi connectivity index (χ1) is 22.8. The number of furan rings is 2. The van der Waals surface area contributed by atoms with Crippen LogP contribution in [-0.2, 0) is 0 Å². The molecule has 0 N–H and O–H groups in total. The lowest BCUT2D eigenvalue weighted by molar-refractivity contribution is 0.668. The number of hydrogen-bond acceptors (Lipinski definition) is 5. The van der Waals surface area contributed by atoms with E-state index in [2.05, 4.69) is 84.9 Å². The maximum Gasteiger partial charge on any atom is 0.168 e. The summed E-state index contributed by atoms with van der Waals surface area (Å²) in [5.74, 6) is 1.72. The average Bonchev–Trinajstić information content (AvgIpc) is 3.68. The van der Waals surface area contributed by atoms with Gasteiger partial charge in [-0.2, -0.15) is 0 Å². The highest BCUT2D eigenvalue weighted by Crippen LogP contribution is 2.42. The Morgan fingerprint density at radius 2 is 1.04 bits per heavy atom. The Balaban J connectivity index is 1.33. The van der Waals surface area contributed by atoms with Crippen molar-refractivity contribution >= 4 is 65.4 Å². The van der Waals surface area contributed by atoms with Crippen molar-refractivity contribution in [1.82, 2.24) is 15.0 Å². The molecule has 0 bridgehead atoms. The summed E-state index contributed by atoms with van der Waals surface area (Å²) in [5.41, 5.74) is 5.84. The Kier molecular flexibility index (Phi) is 5.22. The van der Waals surface area contributed by atoms with Crippen LogP contribution in [0, 0.1) is 0 Å². The van der Waals surface area contributed by atoms with Crippen LogP contribution in [0.15, 0.2) is 148 Å². The van der Waals surface area contributed by atoms with Gasteiger partial charge < -0.3 is 8.83 Å². The van der Waals surface area contributed by atoms with Crippen molar-refractivity contribution in [3.05, 3.63) is 140 Å². The first-order valence-corrected chi connectivity index (χ1v) is 15.3. The molecule has 0 atom stereocenters. The highest BCUT2D eigenvalue weighted by molar-refractivity contribution is 6.18. The maximum atomic E-state index is 6.60. The Morgan fingerprint density at radius 3 is 1.91 bits per heavy atom. The smallest absolute Gasteiger partial charge is 0.168 e. The van der Waals surface area contributed by atoms with Gasteiger partial charge in [0.15, 0.2) is 17.5 Å². The lowest BCUT2D eigenvalue weighted by atomic mass is 9.99. The zero-order chi connectivity index (χ0) is 30.2. The summed E-state index contributed by atoms with van der Waals surface area (Å²) in [5, 5.41) is 8.48. The molecule has 3 heterocycles. The van der Waals surface area contributed by atoms with Crippen LogP contribution in [0.25, 0.3) is 99.6 Å². The Morgan fingerprint density at radius 1 is 0.391 bits per heavy atom. The molecule has 0 spiro atoms. The summed E-state index contributed by atoms with van der Waals surface area (Å²) >= 11 is 0. The van der Waals surface area contributed by atoms with Crippen molar-refractivity contribution in [3.8, 4) is 34.2 Å². The van der Waals surface area contributed by atoms with Gasteiger partial charge in [0.25, 0.3) is 0 Å². The van der Waals surface area contributed by atoms with E-state index in [9.17, 15) is 0 Å². The fraction of sp³-hybridized carbons (Fsp3) is 0. The van der Waals surface area contributed by atoms with Crippen LogP contribution in [0.2, 0.25) is 0 Å². The highest BCUT2D eigenvalue weighted by Gasteiger charge is 2.22. The van der Waals surface area contributed by atoms with Crippen LogP contribution >= 0.6 is 0 Å². The van der Waals surface area contributed by atoms with Crippen LogP contribution in [0.4, 0.5) is 0 Å². The van der Waals surface area contributed by atoms with E-state index >= 15 is 0 Å². The number of fused-ring (bicyclic) bond motifs is 8. The molecule has 3 aromatic heterocycles. The van der Waals surface area contributed by atoms with Crippen LogP contribution in [-0.4, -0.2) is 15.0 Å². The SMILES string of the molecule is c1ccc2cc(-c3nc(-c4c5ccccc5cc5c4oc4ccccc45)nc(-c4cccc5oc6ccccc6c45)n3)ccc2c1. The topological polar surface area (TPSA) is 65.0 Å². The van der Waals surface area contributed by atoms with Gasteiger partial charge in [0.1, 0.15) is 22.3 Å². The van der Waals surface area contributed by atoms with Crippen molar-refractivity contribution in [2.45, 2.75) is 0 Å². The molecule has 5 nitrogen and oxygen atoms in total. The molecule has 0 amide bonds. The standard InChI is InChI=1S/C41H23N3O2/c1-2-11-25-22-27(21-20-24(25)10-1)39-42-40(31-16-9-19-35-36(31)30-15-6-8-18-34(30)45-35)44-41(43-39)37-28-13-4-3-12-26(28)23-32-29-14-5-7-17-33(29)46-38(32)37/h1-23H. The molecular formula is C41H23N3O2. The third-order valence-corrected chi connectivity index (χ3v) is 8.90. The molecule has 0 radical (unpaired) electrons. The van der Waals surface area contributed by atoms with Crippen molar-refractivity contribution in [2.24, 2.45) is 0 Å². The zero-order valence-corrected chi connectivity index (χ0v) is 24.4. The van der Waals surface area contributed by atoms with Crippen molar-refractivity contribution in [2.75, 3.05) is 0 Å². The Hall–Kier alpha value is -6.33. The minimum atomic E-state index is 0.554. The molecule has 0 saturated heterocycles. The van der Waals surface area contributed by atoms with Gasteiger partial charge in [-0.25, -0.2) is 15.0 Å². The summed E-state index contributed by atoms with van der Waals surface area (Å²) in [7, 11) is 0. The molecule has 7 aromatic carbocycles. The number of benzene rings is 7. The second-order valence-corrected chi connectivity index (χ2v) is 11.6. The Bertz CT molecular complexity index is 2830. The molecule has 46 heavy (non-hydrogen) atoms. The van der Waals surface area contributed by atoms with E-state index in [4.69, 9.17) is 23.8 Å². The molecule has 10 aromatic rings. The van der Waals surface area contributed by atoms with E-state index in [0.29, 0.717) is 17.5 Å². The van der Waals surface area contributed by atoms with Gasteiger partial charge in [0.2, 0.25) is 0 Å². The van der Waals surface area contributed by atoms with Crippen LogP contribution in [0.1, 0.15) is 0 Å². The molecule has 10 rings (SSSR count). The predicted molar refractivity (Wildman–Crippen MR) is 186 cm³/mol. The van der Waals surface area contributed by atoms with E-state index in [0.717, 1.165) is 82.1 Å². The molecule has 0 fully saturated rings. The summed E-state index contributed by atoms with van der Waals surface area (Å²) in [6, 6.07) is 47.5. The third-order valence-electron chi connectivity index (χ3n) is 8.90. The number of nitrogens with zero attached hydrogens (tertiary/aromatic N) is 3. The third kappa shape index (κ3) is 3.72. The molecule has 0 aliphatic carbocycles. The second kappa shape index (κ2) is 9.58. The minimum absolute atomic E-state index is 0.554. The number of hydrogen-bond donors (Lipinski definition) is 0. The molecule has 0 unspecified atom stereocenters. The quantitative estimate of drug-likeness (QED) is 0.205. The fourth-order valence-corrected chi connectivity index (χ4v) is 6.77. The predicted octanol–water partition coefficient (Wildman–Crippen LogP) is 11.0. The monoisotopic (exact) mass is 589 g/mol. The summed E-state index contributed by atoms with van der Waals surface area (Å²) in [6.07, 6.45) is 0. The molecule has 0 saturated carbocycles. The first kappa shape index (κ1) is 25.0. The van der Waals surface area contributed by atoms with Gasteiger partial charge in [0, 0.05) is 32.7 Å². The Labute approximate surface area is 262 Å². The molecule has 214 valence electrons. The van der Waals surface area contributed by atoms with Crippen molar-refractivity contribution in [1.29, 1.82) is 0 Å². The van der Waals surface area contributed by atoms with E-state index in [1.165, 1.54) is 0 Å². The van der Waals surface area contributed by atoms with Gasteiger partial charge in [0.05, 0.1) is 5.56 Å². The average molecular weight is 590 g/mol. The summed E-state index contributed by atoms with van der Waals surface area (Å²) in [4.78, 5) is 15.6. The normalized spacial score (nSPS) is 11.9. The van der Waals surface area contributed by atoms with E-state index in [1.54, 1.807) is 0 Å². The summed E-state index contributed by atoms with van der Waals surface area (Å²) in [6.45, 7) is 0. The van der Waals surface area contributed by atoms with Gasteiger partial charge in [-0.1, -0.05) is 109 Å². The molecular weight excluding hydrogens is 566 g/mol. The fourth-order valence-electron chi connectivity index (χ4n) is 6.77. The van der Waals surface area contributed by atoms with Crippen LogP contribution < -0.4 is 0 Å². The number of para-hydroxylation sites is 2. The van der Waals surface area contributed by atoms with Crippen molar-refractivity contribution < 1.29 is 8.83 Å². The second-order valence-electron chi connectivity index (χ2n) is 11.6. The number of aromatic nitrogens is 3. The van der Waals surface area contributed by atoms with E-state index in [-0.39, 0.29) is 0 Å². The summed E-state index contributed by atoms with van der Waals surface area (Å²) < 4.78 is 12.9. The first-order valence-electron chi connectivity index (χ1n) is 15.3. The van der Waals surface area contributed by atoms with Gasteiger partial charge in [-0.15, -0.1) is 0 Å². The van der Waals surface area contributed by atoms with Crippen LogP contribution in [0.5, 0.6) is 0 Å². The van der Waals surface area contributed by atoms with Gasteiger partial charge >= 0.3 is 0 Å². The maximum absolute atomic E-state index is 6.60. The van der Waals surface area contributed by atoms with Gasteiger partial charge in [-0.3, -0.25) is 0 Å². The lowest BCUT2D eigenvalue weighted by Crippen LogP contribution is -2.01.